The van der Waals surface area contributed by atoms with Gasteiger partial charge < -0.3 is 5.11 Å². The summed E-state index contributed by atoms with van der Waals surface area (Å²) in [4.78, 5) is 0. The van der Waals surface area contributed by atoms with Gasteiger partial charge in [-0.2, -0.15) is 0 Å². The summed E-state index contributed by atoms with van der Waals surface area (Å²) in [5.74, 6) is 0.648. The molecule has 0 amide bonds. The highest BCUT2D eigenvalue weighted by Gasteiger charge is 2.19. The highest BCUT2D eigenvalue weighted by molar-refractivity contribution is 4.72. The Hall–Kier alpha value is -0.0400. The minimum absolute atomic E-state index is 0.435. The number of aliphatic hydroxyl groups is 1. The van der Waals surface area contributed by atoms with Crippen molar-refractivity contribution in [1.29, 1.82) is 0 Å². The van der Waals surface area contributed by atoms with Crippen molar-refractivity contribution in [3.05, 3.63) is 0 Å². The quantitative estimate of drug-likeness (QED) is 0.643. The zero-order valence-corrected chi connectivity index (χ0v) is 7.65. The van der Waals surface area contributed by atoms with E-state index in [1.807, 2.05) is 13.8 Å². The fraction of sp³-hybridized carbons (Fsp3) is 1.00. The first kappa shape index (κ1) is 9.96. The Bertz CT molecular complexity index is 86.7. The third-order valence-corrected chi connectivity index (χ3v) is 2.25. The molecule has 1 nitrogen and oxygen atoms in total. The molecule has 0 aliphatic heterocycles. The second-order valence-electron chi connectivity index (χ2n) is 3.57. The maximum absolute atomic E-state index is 9.62. The molecule has 1 N–H and O–H groups in total. The van der Waals surface area contributed by atoms with Crippen LogP contribution in [-0.2, 0) is 0 Å². The SMILES string of the molecule is CCC(C)CC(C)(O)CC. The van der Waals surface area contributed by atoms with E-state index >= 15 is 0 Å². The van der Waals surface area contributed by atoms with Gasteiger partial charge in [0.1, 0.15) is 0 Å². The fourth-order valence-corrected chi connectivity index (χ4v) is 1.04. The first-order chi connectivity index (χ1) is 4.52. The van der Waals surface area contributed by atoms with E-state index < -0.39 is 5.60 Å². The predicted molar refractivity (Wildman–Crippen MR) is 45.0 cm³/mol. The largest absolute Gasteiger partial charge is 0.390 e. The summed E-state index contributed by atoms with van der Waals surface area (Å²) in [5.41, 5.74) is -0.435. The molecule has 10 heavy (non-hydrogen) atoms. The van der Waals surface area contributed by atoms with E-state index in [9.17, 15) is 5.11 Å². The van der Waals surface area contributed by atoms with Crippen LogP contribution in [0.5, 0.6) is 0 Å². The molecule has 0 radical (unpaired) electrons. The van der Waals surface area contributed by atoms with Crippen molar-refractivity contribution in [3.63, 3.8) is 0 Å². The van der Waals surface area contributed by atoms with Gasteiger partial charge in [-0.25, -0.2) is 0 Å². The molecule has 0 saturated heterocycles. The lowest BCUT2D eigenvalue weighted by atomic mass is 9.90. The third kappa shape index (κ3) is 3.89. The molecule has 1 heteroatoms. The summed E-state index contributed by atoms with van der Waals surface area (Å²) in [6.45, 7) is 8.29. The van der Waals surface area contributed by atoms with Crippen molar-refractivity contribution in [1.82, 2.24) is 0 Å². The van der Waals surface area contributed by atoms with E-state index in [0.29, 0.717) is 5.92 Å². The van der Waals surface area contributed by atoms with Crippen LogP contribution in [0.1, 0.15) is 47.0 Å². The topological polar surface area (TPSA) is 20.2 Å². The molecule has 0 aliphatic rings. The second kappa shape index (κ2) is 3.97. The molecular weight excluding hydrogens is 124 g/mol. The standard InChI is InChI=1S/C9H20O/c1-5-8(3)7-9(4,10)6-2/h8,10H,5-7H2,1-4H3. The monoisotopic (exact) mass is 144 g/mol. The van der Waals surface area contributed by atoms with Crippen LogP contribution in [0.2, 0.25) is 0 Å². The molecule has 2 atom stereocenters. The van der Waals surface area contributed by atoms with Crippen molar-refractivity contribution in [2.75, 3.05) is 0 Å². The van der Waals surface area contributed by atoms with E-state index in [1.54, 1.807) is 0 Å². The van der Waals surface area contributed by atoms with Gasteiger partial charge in [0.05, 0.1) is 5.60 Å². The zero-order valence-electron chi connectivity index (χ0n) is 7.65. The molecule has 0 saturated carbocycles. The summed E-state index contributed by atoms with van der Waals surface area (Å²) < 4.78 is 0. The van der Waals surface area contributed by atoms with Crippen LogP contribution < -0.4 is 0 Å². The molecule has 0 aromatic rings. The van der Waals surface area contributed by atoms with Crippen LogP contribution in [0.4, 0.5) is 0 Å². The molecule has 0 heterocycles. The van der Waals surface area contributed by atoms with Crippen LogP contribution in [0.15, 0.2) is 0 Å². The van der Waals surface area contributed by atoms with Crippen molar-refractivity contribution in [3.8, 4) is 0 Å². The molecule has 0 rings (SSSR count). The Morgan fingerprint density at radius 2 is 1.90 bits per heavy atom. The molecule has 0 spiro atoms. The zero-order chi connectivity index (χ0) is 8.20. The normalized spacial score (nSPS) is 20.1. The average Bonchev–Trinajstić information content (AvgIpc) is 1.87. The fourth-order valence-electron chi connectivity index (χ4n) is 1.04. The number of hydrogen-bond acceptors (Lipinski definition) is 1. The minimum Gasteiger partial charge on any atom is -0.390 e. The molecule has 2 unspecified atom stereocenters. The van der Waals surface area contributed by atoms with Gasteiger partial charge in [-0.1, -0.05) is 27.2 Å². The van der Waals surface area contributed by atoms with Crippen molar-refractivity contribution in [2.24, 2.45) is 5.92 Å². The molecule has 0 bridgehead atoms. The van der Waals surface area contributed by atoms with E-state index in [0.717, 1.165) is 19.3 Å². The van der Waals surface area contributed by atoms with E-state index in [1.165, 1.54) is 0 Å². The summed E-state index contributed by atoms with van der Waals surface area (Å²) in [5, 5.41) is 9.62. The Morgan fingerprint density at radius 1 is 1.40 bits per heavy atom. The second-order valence-corrected chi connectivity index (χ2v) is 3.57. The van der Waals surface area contributed by atoms with Gasteiger partial charge in [0.15, 0.2) is 0 Å². The average molecular weight is 144 g/mol. The smallest absolute Gasteiger partial charge is 0.0619 e. The lowest BCUT2D eigenvalue weighted by Gasteiger charge is -2.24. The van der Waals surface area contributed by atoms with E-state index in [2.05, 4.69) is 13.8 Å². The Balaban J connectivity index is 3.64. The first-order valence-electron chi connectivity index (χ1n) is 4.24. The van der Waals surface area contributed by atoms with E-state index in [-0.39, 0.29) is 0 Å². The molecule has 0 aromatic carbocycles. The van der Waals surface area contributed by atoms with Gasteiger partial charge >= 0.3 is 0 Å². The maximum atomic E-state index is 9.62. The summed E-state index contributed by atoms with van der Waals surface area (Å²) >= 11 is 0. The number of rotatable bonds is 4. The molecule has 0 aromatic heterocycles. The van der Waals surface area contributed by atoms with Gasteiger partial charge in [-0.15, -0.1) is 0 Å². The van der Waals surface area contributed by atoms with Gasteiger partial charge in [0, 0.05) is 0 Å². The molecule has 0 aliphatic carbocycles. The van der Waals surface area contributed by atoms with Crippen LogP contribution >= 0.6 is 0 Å². The summed E-state index contributed by atoms with van der Waals surface area (Å²) in [6.07, 6.45) is 2.95. The lowest BCUT2D eigenvalue weighted by molar-refractivity contribution is 0.0319. The molecule has 0 fully saturated rings. The Labute approximate surface area is 64.5 Å². The first-order valence-corrected chi connectivity index (χ1v) is 4.24. The molecule has 62 valence electrons. The van der Waals surface area contributed by atoms with E-state index in [4.69, 9.17) is 0 Å². The summed E-state index contributed by atoms with van der Waals surface area (Å²) in [7, 11) is 0. The summed E-state index contributed by atoms with van der Waals surface area (Å²) in [6, 6.07) is 0. The predicted octanol–water partition coefficient (Wildman–Crippen LogP) is 2.58. The van der Waals surface area contributed by atoms with Gasteiger partial charge in [0.25, 0.3) is 0 Å². The Kier molecular flexibility index (Phi) is 3.95. The van der Waals surface area contributed by atoms with Crippen molar-refractivity contribution < 1.29 is 5.11 Å². The molecular formula is C9H20O. The van der Waals surface area contributed by atoms with Crippen LogP contribution in [0.25, 0.3) is 0 Å². The highest BCUT2D eigenvalue weighted by atomic mass is 16.3. The maximum Gasteiger partial charge on any atom is 0.0619 e. The minimum atomic E-state index is -0.435. The van der Waals surface area contributed by atoms with Gasteiger partial charge in [-0.05, 0) is 25.7 Å². The highest BCUT2D eigenvalue weighted by Crippen LogP contribution is 2.21. The Morgan fingerprint density at radius 3 is 2.20 bits per heavy atom. The van der Waals surface area contributed by atoms with Crippen molar-refractivity contribution >= 4 is 0 Å². The van der Waals surface area contributed by atoms with Crippen LogP contribution in [0, 0.1) is 5.92 Å². The van der Waals surface area contributed by atoms with Crippen LogP contribution in [-0.4, -0.2) is 10.7 Å². The van der Waals surface area contributed by atoms with Gasteiger partial charge in [0.2, 0.25) is 0 Å². The van der Waals surface area contributed by atoms with Crippen LogP contribution in [0.3, 0.4) is 0 Å². The lowest BCUT2D eigenvalue weighted by Crippen LogP contribution is -2.25. The van der Waals surface area contributed by atoms with Crippen molar-refractivity contribution in [2.45, 2.75) is 52.6 Å². The van der Waals surface area contributed by atoms with Gasteiger partial charge in [-0.3, -0.25) is 0 Å². The third-order valence-electron chi connectivity index (χ3n) is 2.25. The number of hydrogen-bond donors (Lipinski definition) is 1.